The first-order valence-electron chi connectivity index (χ1n) is 8.68. The van der Waals surface area contributed by atoms with Gasteiger partial charge in [-0.3, -0.25) is 14.5 Å². The van der Waals surface area contributed by atoms with Gasteiger partial charge in [-0.15, -0.1) is 0 Å². The van der Waals surface area contributed by atoms with Crippen molar-refractivity contribution in [1.29, 1.82) is 0 Å². The van der Waals surface area contributed by atoms with E-state index in [1.807, 2.05) is 0 Å². The molecule has 0 aromatic heterocycles. The Morgan fingerprint density at radius 3 is 2.74 bits per heavy atom. The van der Waals surface area contributed by atoms with Crippen LogP contribution >= 0.6 is 0 Å². The summed E-state index contributed by atoms with van der Waals surface area (Å²) in [7, 11) is 0. The molecule has 2 N–H and O–H groups in total. The normalized spacial score (nSPS) is 30.7. The first-order valence-corrected chi connectivity index (χ1v) is 8.68. The molecular weight excluding hydrogens is 298 g/mol. The lowest BCUT2D eigenvalue weighted by molar-refractivity contribution is -0.129. The number of ether oxygens (including phenoxy) is 2. The van der Waals surface area contributed by atoms with Crippen LogP contribution in [0.4, 0.5) is 0 Å². The minimum atomic E-state index is -0.0992. The van der Waals surface area contributed by atoms with Crippen molar-refractivity contribution in [3.05, 3.63) is 0 Å². The first-order chi connectivity index (χ1) is 11.2. The molecule has 0 aromatic rings. The number of morpholine rings is 1. The summed E-state index contributed by atoms with van der Waals surface area (Å²) in [6.07, 6.45) is 2.14. The van der Waals surface area contributed by atoms with Crippen LogP contribution in [0.25, 0.3) is 0 Å². The number of carbonyl (C=O) groups is 2. The van der Waals surface area contributed by atoms with E-state index in [2.05, 4.69) is 15.5 Å². The topological polar surface area (TPSA) is 79.9 Å². The number of rotatable bonds is 5. The van der Waals surface area contributed by atoms with Crippen LogP contribution in [0.1, 0.15) is 19.3 Å². The molecule has 3 heterocycles. The van der Waals surface area contributed by atoms with E-state index >= 15 is 0 Å². The number of piperidine rings is 1. The van der Waals surface area contributed by atoms with Crippen molar-refractivity contribution < 1.29 is 19.1 Å². The molecule has 0 bridgehead atoms. The second kappa shape index (κ2) is 8.08. The maximum Gasteiger partial charge on any atom is 0.224 e. The second-order valence-corrected chi connectivity index (χ2v) is 6.62. The summed E-state index contributed by atoms with van der Waals surface area (Å²) in [5.74, 6) is 0.475. The highest BCUT2D eigenvalue weighted by atomic mass is 16.5. The largest absolute Gasteiger partial charge is 0.381 e. The maximum atomic E-state index is 12.4. The molecule has 7 heteroatoms. The number of hydrogen-bond donors (Lipinski definition) is 2. The molecule has 0 radical (unpaired) electrons. The summed E-state index contributed by atoms with van der Waals surface area (Å²) < 4.78 is 11.0. The fourth-order valence-corrected chi connectivity index (χ4v) is 3.67. The van der Waals surface area contributed by atoms with Crippen LogP contribution in [0.15, 0.2) is 0 Å². The van der Waals surface area contributed by atoms with E-state index in [0.717, 1.165) is 45.9 Å². The van der Waals surface area contributed by atoms with Crippen LogP contribution in [0.5, 0.6) is 0 Å². The molecule has 3 aliphatic rings. The predicted octanol–water partition coefficient (Wildman–Crippen LogP) is -0.634. The Bertz CT molecular complexity index is 410. The van der Waals surface area contributed by atoms with Crippen molar-refractivity contribution >= 4 is 11.8 Å². The van der Waals surface area contributed by atoms with Crippen molar-refractivity contribution in [2.24, 2.45) is 11.8 Å². The third-order valence-corrected chi connectivity index (χ3v) is 5.15. The highest BCUT2D eigenvalue weighted by molar-refractivity contribution is 5.83. The third kappa shape index (κ3) is 4.43. The molecule has 23 heavy (non-hydrogen) atoms. The summed E-state index contributed by atoms with van der Waals surface area (Å²) in [6.45, 7) is 6.04. The molecule has 0 unspecified atom stereocenters. The van der Waals surface area contributed by atoms with Gasteiger partial charge in [0.1, 0.15) is 0 Å². The summed E-state index contributed by atoms with van der Waals surface area (Å²) in [5.41, 5.74) is 0. The number of amides is 2. The number of nitrogens with zero attached hydrogens (tertiary/aromatic N) is 1. The van der Waals surface area contributed by atoms with Crippen molar-refractivity contribution in [1.82, 2.24) is 15.5 Å². The smallest absolute Gasteiger partial charge is 0.224 e. The zero-order chi connectivity index (χ0) is 16.1. The molecule has 7 nitrogen and oxygen atoms in total. The molecule has 0 saturated carbocycles. The van der Waals surface area contributed by atoms with E-state index in [9.17, 15) is 9.59 Å². The van der Waals surface area contributed by atoms with Crippen molar-refractivity contribution in [2.75, 3.05) is 52.6 Å². The number of carbonyl (C=O) groups excluding carboxylic acids is 2. The van der Waals surface area contributed by atoms with Gasteiger partial charge in [0.15, 0.2) is 0 Å². The minimum absolute atomic E-state index is 0.0448. The third-order valence-electron chi connectivity index (χ3n) is 5.15. The molecule has 3 saturated heterocycles. The van der Waals surface area contributed by atoms with E-state index < -0.39 is 0 Å². The molecule has 3 rings (SSSR count). The maximum absolute atomic E-state index is 12.4. The van der Waals surface area contributed by atoms with E-state index in [1.54, 1.807) is 0 Å². The molecule has 0 aromatic carbocycles. The van der Waals surface area contributed by atoms with Gasteiger partial charge in [0.05, 0.1) is 25.7 Å². The molecule has 3 fully saturated rings. The summed E-state index contributed by atoms with van der Waals surface area (Å²) in [6, 6.07) is 0.309. The highest BCUT2D eigenvalue weighted by Gasteiger charge is 2.32. The zero-order valence-electron chi connectivity index (χ0n) is 13.6. The molecule has 130 valence electrons. The molecule has 0 aliphatic carbocycles. The number of nitrogens with one attached hydrogen (secondary N) is 2. The quantitative estimate of drug-likeness (QED) is 0.703. The Morgan fingerprint density at radius 1 is 1.26 bits per heavy atom. The van der Waals surface area contributed by atoms with E-state index in [1.165, 1.54) is 0 Å². The Kier molecular flexibility index (Phi) is 5.85. The van der Waals surface area contributed by atoms with Crippen LogP contribution in [-0.2, 0) is 19.1 Å². The summed E-state index contributed by atoms with van der Waals surface area (Å²) in [5, 5.41) is 5.89. The highest BCUT2D eigenvalue weighted by Crippen LogP contribution is 2.22. The van der Waals surface area contributed by atoms with Crippen molar-refractivity contribution in [3.63, 3.8) is 0 Å². The van der Waals surface area contributed by atoms with Crippen molar-refractivity contribution in [3.8, 4) is 0 Å². The van der Waals surface area contributed by atoms with Crippen LogP contribution in [0.3, 0.4) is 0 Å². The average molecular weight is 325 g/mol. The SMILES string of the molecule is O=C1CC[C@H](C(=O)NC[C@H]([C@@H]2CCOC2)N2CCOCC2)CN1. The zero-order valence-corrected chi connectivity index (χ0v) is 13.6. The monoisotopic (exact) mass is 325 g/mol. The number of hydrogen-bond acceptors (Lipinski definition) is 5. The van der Waals surface area contributed by atoms with E-state index in [4.69, 9.17) is 9.47 Å². The lowest BCUT2D eigenvalue weighted by Gasteiger charge is -2.37. The standard InChI is InChI=1S/C16H27N3O4/c20-15-2-1-12(9-17-15)16(21)18-10-14(13-3-6-23-11-13)19-4-7-22-8-5-19/h12-14H,1-11H2,(H,17,20)(H,18,21)/t12-,13+,14+/m0/s1. The Labute approximate surface area is 137 Å². The molecule has 3 aliphatic heterocycles. The van der Waals surface area contributed by atoms with E-state index in [0.29, 0.717) is 37.9 Å². The van der Waals surface area contributed by atoms with Crippen LogP contribution in [-0.4, -0.2) is 75.4 Å². The Morgan fingerprint density at radius 2 is 2.09 bits per heavy atom. The fourth-order valence-electron chi connectivity index (χ4n) is 3.67. The molecule has 0 spiro atoms. The van der Waals surface area contributed by atoms with E-state index in [-0.39, 0.29) is 17.7 Å². The summed E-state index contributed by atoms with van der Waals surface area (Å²) >= 11 is 0. The van der Waals surface area contributed by atoms with Gasteiger partial charge in [-0.2, -0.15) is 0 Å². The van der Waals surface area contributed by atoms with Gasteiger partial charge >= 0.3 is 0 Å². The Hall–Kier alpha value is -1.18. The van der Waals surface area contributed by atoms with Crippen LogP contribution in [0.2, 0.25) is 0 Å². The minimum Gasteiger partial charge on any atom is -0.381 e. The van der Waals surface area contributed by atoms with Gasteiger partial charge in [-0.1, -0.05) is 0 Å². The van der Waals surface area contributed by atoms with Gasteiger partial charge in [-0.25, -0.2) is 0 Å². The van der Waals surface area contributed by atoms with Gasteiger partial charge < -0.3 is 20.1 Å². The van der Waals surface area contributed by atoms with Gasteiger partial charge in [0, 0.05) is 51.2 Å². The van der Waals surface area contributed by atoms with Crippen LogP contribution < -0.4 is 10.6 Å². The van der Waals surface area contributed by atoms with Gasteiger partial charge in [-0.05, 0) is 12.8 Å². The predicted molar refractivity (Wildman–Crippen MR) is 83.8 cm³/mol. The average Bonchev–Trinajstić information content (AvgIpc) is 3.11. The fraction of sp³-hybridized carbons (Fsp3) is 0.875. The Balaban J connectivity index is 1.52. The molecular formula is C16H27N3O4. The first kappa shape index (κ1) is 16.7. The van der Waals surface area contributed by atoms with Crippen molar-refractivity contribution in [2.45, 2.75) is 25.3 Å². The molecule has 3 atom stereocenters. The molecule has 2 amide bonds. The van der Waals surface area contributed by atoms with Gasteiger partial charge in [0.25, 0.3) is 0 Å². The second-order valence-electron chi connectivity index (χ2n) is 6.62. The van der Waals surface area contributed by atoms with Gasteiger partial charge in [0.2, 0.25) is 11.8 Å². The lowest BCUT2D eigenvalue weighted by Crippen LogP contribution is -2.53. The summed E-state index contributed by atoms with van der Waals surface area (Å²) in [4.78, 5) is 26.0. The van der Waals surface area contributed by atoms with Crippen LogP contribution in [0, 0.1) is 11.8 Å². The lowest BCUT2D eigenvalue weighted by atomic mass is 9.95.